The van der Waals surface area contributed by atoms with Gasteiger partial charge in [0, 0.05) is 6.54 Å². The average molecular weight is 458 g/mol. The quantitative estimate of drug-likeness (QED) is 0.264. The van der Waals surface area contributed by atoms with Crippen molar-refractivity contribution < 1.29 is 26.3 Å². The summed E-state index contributed by atoms with van der Waals surface area (Å²) in [6, 6.07) is 0. The molecule has 1 atom stereocenters. The van der Waals surface area contributed by atoms with Crippen molar-refractivity contribution in [1.29, 1.82) is 0 Å². The summed E-state index contributed by atoms with van der Waals surface area (Å²) in [5.74, 6) is 0.173. The summed E-state index contributed by atoms with van der Waals surface area (Å²) in [5.41, 5.74) is 0. The number of rotatable bonds is 17. The maximum atomic E-state index is 12.1. The number of carbonyl (C=O) groups is 1. The first-order valence-electron chi connectivity index (χ1n) is 11.6. The molecular weight excluding hydrogens is 412 g/mol. The first-order valence-corrected chi connectivity index (χ1v) is 11.6. The molecule has 1 aliphatic rings. The molecule has 0 aliphatic carbocycles. The first-order chi connectivity index (χ1) is 13.2. The maximum Gasteiger partial charge on any atom is 0.275 e. The van der Waals surface area contributed by atoms with Crippen molar-refractivity contribution >= 4 is 5.91 Å². The van der Waals surface area contributed by atoms with Gasteiger partial charge < -0.3 is 22.3 Å². The highest BCUT2D eigenvalue weighted by Crippen LogP contribution is 2.13. The van der Waals surface area contributed by atoms with Crippen LogP contribution in [0, 0.1) is 0 Å². The van der Waals surface area contributed by atoms with E-state index in [-0.39, 0.29) is 22.9 Å². The zero-order valence-electron chi connectivity index (χ0n) is 18.6. The summed E-state index contributed by atoms with van der Waals surface area (Å²) in [5, 5.41) is 3.09. The summed E-state index contributed by atoms with van der Waals surface area (Å²) >= 11 is 0. The Bertz CT molecular complexity index is 436. The number of halogens is 1. The fourth-order valence-corrected chi connectivity index (χ4v) is 3.75. The average Bonchev–Trinajstić information content (AvgIpc) is 2.65. The van der Waals surface area contributed by atoms with Crippen LogP contribution in [0.3, 0.4) is 0 Å². The minimum Gasteiger partial charge on any atom is -1.00 e. The van der Waals surface area contributed by atoms with Crippen LogP contribution in [0.15, 0.2) is 24.4 Å². The zero-order valence-corrected chi connectivity index (χ0v) is 20.1. The van der Waals surface area contributed by atoms with Crippen LogP contribution in [0.1, 0.15) is 96.8 Å². The maximum absolute atomic E-state index is 12.1. The topological polar surface area (TPSA) is 29.1 Å². The predicted molar refractivity (Wildman–Crippen MR) is 118 cm³/mol. The summed E-state index contributed by atoms with van der Waals surface area (Å²) < 4.78 is 0.682. The van der Waals surface area contributed by atoms with E-state index >= 15 is 0 Å². The van der Waals surface area contributed by atoms with Crippen LogP contribution in [0.5, 0.6) is 0 Å². The molecule has 4 heteroatoms. The highest BCUT2D eigenvalue weighted by atomic mass is 79.9. The number of nitrogens with one attached hydrogen (secondary N) is 1. The van der Waals surface area contributed by atoms with Gasteiger partial charge in [0.05, 0.1) is 13.2 Å². The minimum absolute atomic E-state index is 0. The molecule has 0 bridgehead atoms. The van der Waals surface area contributed by atoms with Gasteiger partial charge >= 0.3 is 0 Å². The van der Waals surface area contributed by atoms with Crippen molar-refractivity contribution in [3.05, 3.63) is 24.4 Å². The summed E-state index contributed by atoms with van der Waals surface area (Å²) in [7, 11) is 2.10. The molecule has 1 N–H and O–H groups in total. The van der Waals surface area contributed by atoms with Crippen molar-refractivity contribution in [3.8, 4) is 0 Å². The second kappa shape index (κ2) is 18.4. The fourth-order valence-electron chi connectivity index (χ4n) is 3.75. The van der Waals surface area contributed by atoms with Gasteiger partial charge in [-0.05, 0) is 18.6 Å². The summed E-state index contributed by atoms with van der Waals surface area (Å²) in [6.45, 7) is 4.56. The Morgan fingerprint density at radius 3 is 1.79 bits per heavy atom. The Kier molecular flexibility index (Phi) is 18.0. The molecule has 28 heavy (non-hydrogen) atoms. The normalized spacial score (nSPS) is 18.1. The monoisotopic (exact) mass is 456 g/mol. The molecular formula is C24H45BrN2O. The molecule has 1 unspecified atom stereocenters. The molecule has 0 fully saturated rings. The largest absolute Gasteiger partial charge is 1.00 e. The fraction of sp³-hybridized carbons (Fsp3) is 0.792. The summed E-state index contributed by atoms with van der Waals surface area (Å²) in [6.07, 6.45) is 27.5. The minimum atomic E-state index is 0. The number of quaternary nitrogens is 1. The number of likely N-dealkylation sites (N-methyl/N-ethyl adjacent to an activating group) is 1. The molecule has 0 aromatic carbocycles. The number of amides is 1. The molecule has 0 aromatic rings. The standard InChI is InChI=1S/C24H44N2O.BrH/c1-3-4-5-6-7-8-9-10-11-12-13-14-15-17-20-25-24(27)23-26(2)21-18-16-19-22-26;/h16,18-19,21H,3-15,17,20,22-23H2,1-2H3;1H. The van der Waals surface area contributed by atoms with E-state index < -0.39 is 0 Å². The summed E-state index contributed by atoms with van der Waals surface area (Å²) in [4.78, 5) is 12.1. The van der Waals surface area contributed by atoms with Gasteiger partial charge in [0.1, 0.15) is 6.54 Å². The highest BCUT2D eigenvalue weighted by molar-refractivity contribution is 5.77. The van der Waals surface area contributed by atoms with Crippen molar-refractivity contribution in [3.63, 3.8) is 0 Å². The van der Waals surface area contributed by atoms with Crippen LogP contribution in [0.25, 0.3) is 0 Å². The van der Waals surface area contributed by atoms with E-state index in [0.29, 0.717) is 11.0 Å². The van der Waals surface area contributed by atoms with Gasteiger partial charge in [-0.2, -0.15) is 0 Å². The van der Waals surface area contributed by atoms with Crippen molar-refractivity contribution in [2.24, 2.45) is 0 Å². The van der Waals surface area contributed by atoms with Crippen molar-refractivity contribution in [2.45, 2.75) is 96.8 Å². The van der Waals surface area contributed by atoms with Gasteiger partial charge in [-0.15, -0.1) is 0 Å². The number of carbonyl (C=O) groups excluding carboxylic acids is 1. The Hall–Kier alpha value is -0.610. The smallest absolute Gasteiger partial charge is 0.275 e. The van der Waals surface area contributed by atoms with E-state index in [0.717, 1.165) is 19.5 Å². The van der Waals surface area contributed by atoms with E-state index in [9.17, 15) is 4.79 Å². The molecule has 0 radical (unpaired) electrons. The lowest BCUT2D eigenvalue weighted by Gasteiger charge is -2.29. The number of unbranched alkanes of at least 4 members (excludes halogenated alkanes) is 13. The van der Waals surface area contributed by atoms with Gasteiger partial charge in [-0.1, -0.05) is 96.5 Å². The third-order valence-corrected chi connectivity index (χ3v) is 5.57. The van der Waals surface area contributed by atoms with E-state index in [4.69, 9.17) is 0 Å². The second-order valence-corrected chi connectivity index (χ2v) is 8.54. The van der Waals surface area contributed by atoms with Gasteiger partial charge in [-0.3, -0.25) is 9.28 Å². The lowest BCUT2D eigenvalue weighted by Crippen LogP contribution is -3.00. The Morgan fingerprint density at radius 1 is 0.821 bits per heavy atom. The first kappa shape index (κ1) is 27.4. The number of hydrogen-bond acceptors (Lipinski definition) is 1. The SMILES string of the molecule is CCCCCCCCCCCCCCCCNC(=O)C[N+]1(C)C=CC=CC1.[Br-]. The molecule has 0 aromatic heterocycles. The molecule has 0 spiro atoms. The van der Waals surface area contributed by atoms with Crippen molar-refractivity contribution in [2.75, 3.05) is 26.7 Å². The van der Waals surface area contributed by atoms with Gasteiger partial charge in [0.15, 0.2) is 6.54 Å². The van der Waals surface area contributed by atoms with Crippen LogP contribution < -0.4 is 22.3 Å². The zero-order chi connectivity index (χ0) is 19.6. The molecule has 0 saturated heterocycles. The molecule has 3 nitrogen and oxygen atoms in total. The van der Waals surface area contributed by atoms with Crippen LogP contribution >= 0.6 is 0 Å². The Labute approximate surface area is 185 Å². The Morgan fingerprint density at radius 2 is 1.32 bits per heavy atom. The van der Waals surface area contributed by atoms with E-state index in [1.807, 2.05) is 12.2 Å². The van der Waals surface area contributed by atoms with Crippen LogP contribution in [-0.4, -0.2) is 37.1 Å². The highest BCUT2D eigenvalue weighted by Gasteiger charge is 2.22. The van der Waals surface area contributed by atoms with Crippen molar-refractivity contribution in [1.82, 2.24) is 5.32 Å². The van der Waals surface area contributed by atoms with Gasteiger partial charge in [-0.25, -0.2) is 0 Å². The van der Waals surface area contributed by atoms with Gasteiger partial charge in [0.25, 0.3) is 5.91 Å². The third kappa shape index (κ3) is 15.3. The Balaban J connectivity index is 0.00000729. The van der Waals surface area contributed by atoms with E-state index in [2.05, 4.69) is 31.6 Å². The molecule has 1 aliphatic heterocycles. The van der Waals surface area contributed by atoms with Gasteiger partial charge in [0.2, 0.25) is 0 Å². The number of nitrogens with zero attached hydrogens (tertiary/aromatic N) is 1. The molecule has 1 rings (SSSR count). The third-order valence-electron chi connectivity index (χ3n) is 5.57. The number of allylic oxidation sites excluding steroid dienone is 2. The van der Waals surface area contributed by atoms with Crippen LogP contribution in [0.4, 0.5) is 0 Å². The second-order valence-electron chi connectivity index (χ2n) is 8.54. The number of hydrogen-bond donors (Lipinski definition) is 1. The van der Waals surface area contributed by atoms with E-state index in [1.165, 1.54) is 83.5 Å². The molecule has 164 valence electrons. The molecule has 1 amide bonds. The predicted octanol–water partition coefficient (Wildman–Crippen LogP) is 3.12. The lowest BCUT2D eigenvalue weighted by molar-refractivity contribution is -0.845. The lowest BCUT2D eigenvalue weighted by atomic mass is 10.0. The van der Waals surface area contributed by atoms with Crippen LogP contribution in [-0.2, 0) is 4.79 Å². The van der Waals surface area contributed by atoms with E-state index in [1.54, 1.807) is 0 Å². The molecule has 1 heterocycles. The molecule has 0 saturated carbocycles. The van der Waals surface area contributed by atoms with Crippen LogP contribution in [0.2, 0.25) is 0 Å².